The number of ether oxygens (including phenoxy) is 1. The first-order valence-corrected chi connectivity index (χ1v) is 20.0. The summed E-state index contributed by atoms with van der Waals surface area (Å²) in [5.74, 6) is -1.90. The first-order valence-electron chi connectivity index (χ1n) is 20.0. The van der Waals surface area contributed by atoms with E-state index in [0.29, 0.717) is 33.8 Å². The molecule has 2 aromatic carbocycles. The first-order chi connectivity index (χ1) is 29.2. The quantitative estimate of drug-likeness (QED) is 0.0757. The fourth-order valence-corrected chi connectivity index (χ4v) is 6.50. The van der Waals surface area contributed by atoms with Crippen LogP contribution in [-0.4, -0.2) is 58.8 Å². The van der Waals surface area contributed by atoms with Crippen LogP contribution < -0.4 is 26.0 Å². The number of likely N-dealkylation sites (N-methyl/N-ethyl adjacent to an activating group) is 1. The lowest BCUT2D eigenvalue weighted by molar-refractivity contribution is -0.124. The molecule has 14 heteroatoms. The molecule has 0 aliphatic rings. The van der Waals surface area contributed by atoms with Crippen LogP contribution in [0.25, 0.3) is 45.2 Å². The second-order valence-corrected chi connectivity index (χ2v) is 15.4. The van der Waals surface area contributed by atoms with Crippen molar-refractivity contribution in [2.45, 2.75) is 66.3 Å². The number of carbonyl (C=O) groups is 4. The molecule has 6 aromatic rings. The van der Waals surface area contributed by atoms with Crippen molar-refractivity contribution < 1.29 is 37.1 Å². The van der Waals surface area contributed by atoms with Gasteiger partial charge in [-0.1, -0.05) is 64.1 Å². The van der Waals surface area contributed by atoms with Gasteiger partial charge >= 0.3 is 0 Å². The van der Waals surface area contributed by atoms with Crippen LogP contribution in [0.15, 0.2) is 112 Å². The molecule has 0 saturated carbocycles. The molecule has 0 spiro atoms. The van der Waals surface area contributed by atoms with Crippen LogP contribution in [0.5, 0.6) is 5.75 Å². The minimum Gasteiger partial charge on any atom is -0.491 e. The number of hydrogen-bond donors (Lipinski definition) is 4. The number of furan rings is 2. The number of aromatic nitrogens is 2. The largest absolute Gasteiger partial charge is 0.491 e. The molecule has 2 atom stereocenters. The van der Waals surface area contributed by atoms with Gasteiger partial charge in [0.2, 0.25) is 11.8 Å². The molecule has 61 heavy (non-hydrogen) atoms. The Bertz CT molecular complexity index is 2470. The van der Waals surface area contributed by atoms with Crippen molar-refractivity contribution in [3.8, 4) is 50.9 Å². The van der Waals surface area contributed by atoms with Gasteiger partial charge < -0.3 is 34.8 Å². The number of pyridine rings is 2. The van der Waals surface area contributed by atoms with E-state index in [1.807, 2.05) is 44.2 Å². The molecule has 0 aliphatic carbocycles. The van der Waals surface area contributed by atoms with E-state index >= 15 is 0 Å². The maximum Gasteiger partial charge on any atom is 0.288 e. The summed E-state index contributed by atoms with van der Waals surface area (Å²) < 4.78 is 31.4. The standard InChI is InChI=1S/C47H49FN6O7/c1-26(2)41(45(56)49-7)54-47(58)43-33(22-40(61-43)37-18-13-31(23-51-37)29-11-15-35(16-12-29)59-28(5)6)25-52-46(57)42(27(3)4)53-44(55)39-20-19-38(60-39)36-17-14-32(24-50-36)30-9-8-10-34(48)21-30/h8-24,26-28,41-42H,25H2,1-7H3,(H,49,56)(H,52,57)(H,53,55)(H,54,58). The third-order valence-electron chi connectivity index (χ3n) is 9.77. The minimum atomic E-state index is -0.993. The van der Waals surface area contributed by atoms with E-state index in [-0.39, 0.29) is 53.5 Å². The Hall–Kier alpha value is -7.09. The second-order valence-electron chi connectivity index (χ2n) is 15.4. The van der Waals surface area contributed by atoms with E-state index in [9.17, 15) is 23.6 Å². The van der Waals surface area contributed by atoms with Crippen molar-refractivity contribution >= 4 is 23.6 Å². The van der Waals surface area contributed by atoms with E-state index in [1.165, 1.54) is 25.2 Å². The van der Waals surface area contributed by atoms with Gasteiger partial charge in [0.25, 0.3) is 11.8 Å². The lowest BCUT2D eigenvalue weighted by atomic mass is 10.0. The SMILES string of the molecule is CNC(=O)C(NC(=O)c1oc(-c2ccc(-c3ccc(OC(C)C)cc3)cn2)cc1CNC(=O)C(NC(=O)c1ccc(-c2ccc(-c3cccc(F)c3)cn2)o1)C(C)C)C(C)C. The smallest absolute Gasteiger partial charge is 0.288 e. The fraction of sp³-hybridized carbons (Fsp3) is 0.277. The van der Waals surface area contributed by atoms with Crippen LogP contribution in [0, 0.1) is 17.7 Å². The molecule has 4 aromatic heterocycles. The number of nitrogens with zero attached hydrogens (tertiary/aromatic N) is 2. The van der Waals surface area contributed by atoms with Gasteiger partial charge in [-0.25, -0.2) is 4.39 Å². The monoisotopic (exact) mass is 828 g/mol. The van der Waals surface area contributed by atoms with Gasteiger partial charge in [0.15, 0.2) is 23.0 Å². The third kappa shape index (κ3) is 10.8. The molecule has 13 nitrogen and oxygen atoms in total. The Morgan fingerprint density at radius 2 is 1.26 bits per heavy atom. The number of hydrogen-bond acceptors (Lipinski definition) is 9. The minimum absolute atomic E-state index is 0.0330. The van der Waals surface area contributed by atoms with Crippen LogP contribution in [0.2, 0.25) is 0 Å². The zero-order chi connectivity index (χ0) is 43.8. The van der Waals surface area contributed by atoms with Crippen molar-refractivity contribution in [3.63, 3.8) is 0 Å². The molecule has 0 aliphatic heterocycles. The molecule has 0 saturated heterocycles. The van der Waals surface area contributed by atoms with Gasteiger partial charge in [0, 0.05) is 42.7 Å². The van der Waals surface area contributed by atoms with Gasteiger partial charge in [-0.15, -0.1) is 0 Å². The van der Waals surface area contributed by atoms with Gasteiger partial charge in [-0.2, -0.15) is 0 Å². The normalized spacial score (nSPS) is 12.2. The summed E-state index contributed by atoms with van der Waals surface area (Å²) in [6.45, 7) is 10.9. The predicted octanol–water partition coefficient (Wildman–Crippen LogP) is 7.83. The van der Waals surface area contributed by atoms with E-state index < -0.39 is 29.8 Å². The van der Waals surface area contributed by atoms with Crippen LogP contribution in [-0.2, 0) is 16.1 Å². The Balaban J connectivity index is 1.17. The highest BCUT2D eigenvalue weighted by Crippen LogP contribution is 2.29. The Labute approximate surface area is 353 Å². The van der Waals surface area contributed by atoms with Crippen LogP contribution in [0.1, 0.15) is 68.2 Å². The molecule has 4 amide bonds. The first kappa shape index (κ1) is 43.5. The van der Waals surface area contributed by atoms with Crippen molar-refractivity contribution in [1.82, 2.24) is 31.2 Å². The molecule has 316 valence electrons. The maximum atomic E-state index is 13.8. The van der Waals surface area contributed by atoms with Crippen molar-refractivity contribution in [1.29, 1.82) is 0 Å². The molecular formula is C47H49FN6O7. The molecule has 0 fully saturated rings. The molecule has 6 rings (SSSR count). The molecule has 0 radical (unpaired) electrons. The summed E-state index contributed by atoms with van der Waals surface area (Å²) >= 11 is 0. The highest BCUT2D eigenvalue weighted by Gasteiger charge is 2.30. The Morgan fingerprint density at radius 1 is 0.656 bits per heavy atom. The lowest BCUT2D eigenvalue weighted by Gasteiger charge is -2.21. The molecule has 0 bridgehead atoms. The average molecular weight is 829 g/mol. The Kier molecular flexibility index (Phi) is 13.8. The number of halogens is 1. The lowest BCUT2D eigenvalue weighted by Crippen LogP contribution is -2.50. The maximum absolute atomic E-state index is 13.8. The molecule has 4 heterocycles. The van der Waals surface area contributed by atoms with Crippen molar-refractivity contribution in [3.05, 3.63) is 126 Å². The number of benzene rings is 2. The molecule has 4 N–H and O–H groups in total. The van der Waals surface area contributed by atoms with Crippen LogP contribution >= 0.6 is 0 Å². The number of nitrogens with one attached hydrogen (secondary N) is 4. The summed E-state index contributed by atoms with van der Waals surface area (Å²) in [4.78, 5) is 62.6. The average Bonchev–Trinajstić information content (AvgIpc) is 3.92. The predicted molar refractivity (Wildman–Crippen MR) is 229 cm³/mol. The third-order valence-corrected chi connectivity index (χ3v) is 9.77. The van der Waals surface area contributed by atoms with Gasteiger partial charge in [-0.05, 0) is 91.4 Å². The summed E-state index contributed by atoms with van der Waals surface area (Å²) in [6.07, 6.45) is 3.33. The van der Waals surface area contributed by atoms with Crippen LogP contribution in [0.4, 0.5) is 4.39 Å². The second kappa shape index (κ2) is 19.3. The topological polar surface area (TPSA) is 178 Å². The zero-order valence-corrected chi connectivity index (χ0v) is 35.0. The Morgan fingerprint density at radius 3 is 1.85 bits per heavy atom. The summed E-state index contributed by atoms with van der Waals surface area (Å²) in [5.41, 5.74) is 4.38. The summed E-state index contributed by atoms with van der Waals surface area (Å²) in [6, 6.07) is 23.8. The highest BCUT2D eigenvalue weighted by atomic mass is 19.1. The fourth-order valence-electron chi connectivity index (χ4n) is 6.50. The van der Waals surface area contributed by atoms with Gasteiger partial charge in [-0.3, -0.25) is 29.1 Å². The molecule has 2 unspecified atom stereocenters. The van der Waals surface area contributed by atoms with Crippen molar-refractivity contribution in [2.75, 3.05) is 7.05 Å². The number of rotatable bonds is 16. The van der Waals surface area contributed by atoms with Crippen LogP contribution in [0.3, 0.4) is 0 Å². The van der Waals surface area contributed by atoms with Crippen molar-refractivity contribution in [2.24, 2.45) is 11.8 Å². The summed E-state index contributed by atoms with van der Waals surface area (Å²) in [5, 5.41) is 10.9. The zero-order valence-electron chi connectivity index (χ0n) is 35.0. The van der Waals surface area contributed by atoms with Gasteiger partial charge in [0.1, 0.15) is 35.0 Å². The van der Waals surface area contributed by atoms with E-state index in [1.54, 1.807) is 82.6 Å². The number of carbonyl (C=O) groups excluding carboxylic acids is 4. The summed E-state index contributed by atoms with van der Waals surface area (Å²) in [7, 11) is 1.49. The van der Waals surface area contributed by atoms with E-state index in [4.69, 9.17) is 13.6 Å². The number of amides is 4. The highest BCUT2D eigenvalue weighted by molar-refractivity contribution is 5.98. The van der Waals surface area contributed by atoms with E-state index in [2.05, 4.69) is 31.2 Å². The molecular weight excluding hydrogens is 780 g/mol. The van der Waals surface area contributed by atoms with E-state index in [0.717, 1.165) is 16.9 Å². The van der Waals surface area contributed by atoms with Gasteiger partial charge in [0.05, 0.1) is 6.10 Å².